The minimum atomic E-state index is -1.37. The molecule has 88 valence electrons. The summed E-state index contributed by atoms with van der Waals surface area (Å²) in [5.41, 5.74) is 7.28. The Morgan fingerprint density at radius 2 is 2.07 bits per heavy atom. The highest BCUT2D eigenvalue weighted by Crippen LogP contribution is 1.86. The third-order valence-corrected chi connectivity index (χ3v) is 1.39. The fourth-order valence-electron chi connectivity index (χ4n) is 0.650. The number of rotatable bonds is 7. The zero-order valence-electron chi connectivity index (χ0n) is 8.82. The van der Waals surface area contributed by atoms with Crippen LogP contribution in [0.25, 0.3) is 0 Å². The third kappa shape index (κ3) is 6.00. The lowest BCUT2D eigenvalue weighted by atomic mass is 10.3. The van der Waals surface area contributed by atoms with Gasteiger partial charge in [-0.2, -0.15) is 0 Å². The number of nitrogens with one attached hydrogen (secondary N) is 1. The van der Waals surface area contributed by atoms with Crippen molar-refractivity contribution in [2.75, 3.05) is 26.9 Å². The van der Waals surface area contributed by atoms with Crippen molar-refractivity contribution in [3.63, 3.8) is 0 Å². The van der Waals surface area contributed by atoms with Crippen molar-refractivity contribution in [3.05, 3.63) is 0 Å². The number of hydroxylamine groups is 1. The molecule has 0 aromatic heterocycles. The summed E-state index contributed by atoms with van der Waals surface area (Å²) in [6, 6.07) is -1.37. The summed E-state index contributed by atoms with van der Waals surface area (Å²) in [5, 5.41) is 0. The van der Waals surface area contributed by atoms with Gasteiger partial charge in [0.05, 0.1) is 19.8 Å². The van der Waals surface area contributed by atoms with E-state index in [9.17, 15) is 9.59 Å². The van der Waals surface area contributed by atoms with Gasteiger partial charge in [-0.3, -0.25) is 9.63 Å². The van der Waals surface area contributed by atoms with Crippen molar-refractivity contribution in [3.8, 4) is 0 Å². The summed E-state index contributed by atoms with van der Waals surface area (Å²) in [4.78, 5) is 26.8. The van der Waals surface area contributed by atoms with Crippen molar-refractivity contribution in [2.24, 2.45) is 5.73 Å². The topological polar surface area (TPSA) is 99.9 Å². The molecule has 0 aromatic carbocycles. The number of carbonyl (C=O) groups excluding carboxylic acids is 2. The molecule has 0 saturated heterocycles. The SMILES string of the molecule is CCOC(=O)C(N)C(=O)NOCCOC. The van der Waals surface area contributed by atoms with E-state index >= 15 is 0 Å². The molecule has 1 atom stereocenters. The molecule has 0 rings (SSSR count). The van der Waals surface area contributed by atoms with Crippen LogP contribution >= 0.6 is 0 Å². The highest BCUT2D eigenvalue weighted by molar-refractivity contribution is 6.01. The number of amides is 1. The summed E-state index contributed by atoms with van der Waals surface area (Å²) in [5.74, 6) is -1.53. The summed E-state index contributed by atoms with van der Waals surface area (Å²) in [6.45, 7) is 2.30. The predicted octanol–water partition coefficient (Wildman–Crippen LogP) is -1.43. The van der Waals surface area contributed by atoms with Gasteiger partial charge >= 0.3 is 5.97 Å². The molecule has 0 fully saturated rings. The van der Waals surface area contributed by atoms with Crippen molar-refractivity contribution < 1.29 is 23.9 Å². The van der Waals surface area contributed by atoms with E-state index in [0.29, 0.717) is 6.61 Å². The van der Waals surface area contributed by atoms with Crippen LogP contribution in [0.5, 0.6) is 0 Å². The van der Waals surface area contributed by atoms with Crippen molar-refractivity contribution in [1.82, 2.24) is 5.48 Å². The maximum absolute atomic E-state index is 11.1. The zero-order valence-corrected chi connectivity index (χ0v) is 8.82. The Balaban J connectivity index is 3.73. The largest absolute Gasteiger partial charge is 0.464 e. The third-order valence-electron chi connectivity index (χ3n) is 1.39. The van der Waals surface area contributed by atoms with Crippen LogP contribution in [-0.4, -0.2) is 44.8 Å². The van der Waals surface area contributed by atoms with E-state index in [1.165, 1.54) is 7.11 Å². The minimum Gasteiger partial charge on any atom is -0.464 e. The van der Waals surface area contributed by atoms with Crippen molar-refractivity contribution in [1.29, 1.82) is 0 Å². The van der Waals surface area contributed by atoms with E-state index in [4.69, 9.17) is 5.73 Å². The summed E-state index contributed by atoms with van der Waals surface area (Å²) in [6.07, 6.45) is 0. The van der Waals surface area contributed by atoms with Crippen LogP contribution in [0.3, 0.4) is 0 Å². The van der Waals surface area contributed by atoms with Crippen LogP contribution < -0.4 is 11.2 Å². The van der Waals surface area contributed by atoms with Gasteiger partial charge in [0.2, 0.25) is 0 Å². The van der Waals surface area contributed by atoms with Gasteiger partial charge in [-0.15, -0.1) is 0 Å². The van der Waals surface area contributed by atoms with E-state index < -0.39 is 17.9 Å². The first-order valence-corrected chi connectivity index (χ1v) is 4.46. The van der Waals surface area contributed by atoms with Gasteiger partial charge < -0.3 is 15.2 Å². The van der Waals surface area contributed by atoms with Crippen LogP contribution in [0.15, 0.2) is 0 Å². The Hall–Kier alpha value is -1.18. The molecular formula is C8H16N2O5. The Bertz CT molecular complexity index is 209. The fourth-order valence-corrected chi connectivity index (χ4v) is 0.650. The quantitative estimate of drug-likeness (QED) is 0.236. The van der Waals surface area contributed by atoms with Crippen LogP contribution in [0.1, 0.15) is 6.92 Å². The summed E-state index contributed by atoms with van der Waals surface area (Å²) >= 11 is 0. The molecule has 0 saturated carbocycles. The number of nitrogens with two attached hydrogens (primary N) is 1. The molecule has 0 aromatic rings. The Kier molecular flexibility index (Phi) is 7.51. The number of ether oxygens (including phenoxy) is 2. The Labute approximate surface area is 87.8 Å². The molecule has 1 amide bonds. The molecule has 0 spiro atoms. The van der Waals surface area contributed by atoms with Crippen molar-refractivity contribution >= 4 is 11.9 Å². The normalized spacial score (nSPS) is 11.9. The number of methoxy groups -OCH3 is 1. The maximum atomic E-state index is 11.1. The number of carbonyl (C=O) groups is 2. The Morgan fingerprint density at radius 3 is 2.60 bits per heavy atom. The van der Waals surface area contributed by atoms with E-state index in [1.54, 1.807) is 6.92 Å². The van der Waals surface area contributed by atoms with Crippen LogP contribution in [-0.2, 0) is 23.9 Å². The second kappa shape index (κ2) is 8.16. The molecule has 0 bridgehead atoms. The van der Waals surface area contributed by atoms with Gasteiger partial charge in [0.1, 0.15) is 0 Å². The molecular weight excluding hydrogens is 204 g/mol. The standard InChI is InChI=1S/C8H16N2O5/c1-3-14-8(12)6(9)7(11)10-15-5-4-13-2/h6H,3-5,9H2,1-2H3,(H,10,11). The average Bonchev–Trinajstić information content (AvgIpc) is 2.23. The molecule has 3 N–H and O–H groups in total. The first-order chi connectivity index (χ1) is 7.13. The van der Waals surface area contributed by atoms with E-state index in [1.807, 2.05) is 5.48 Å². The van der Waals surface area contributed by atoms with Crippen LogP contribution in [0.2, 0.25) is 0 Å². The van der Waals surface area contributed by atoms with Gasteiger partial charge in [-0.1, -0.05) is 0 Å². The smallest absolute Gasteiger partial charge is 0.332 e. The summed E-state index contributed by atoms with van der Waals surface area (Å²) < 4.78 is 9.22. The van der Waals surface area contributed by atoms with Gasteiger partial charge in [-0.05, 0) is 6.92 Å². The lowest BCUT2D eigenvalue weighted by Gasteiger charge is -2.10. The lowest BCUT2D eigenvalue weighted by Crippen LogP contribution is -2.47. The van der Waals surface area contributed by atoms with E-state index in [0.717, 1.165) is 0 Å². The molecule has 1 unspecified atom stereocenters. The van der Waals surface area contributed by atoms with Crippen molar-refractivity contribution in [2.45, 2.75) is 13.0 Å². The second-order valence-corrected chi connectivity index (χ2v) is 2.54. The molecule has 0 aliphatic carbocycles. The molecule has 0 aliphatic rings. The number of hydrogen-bond donors (Lipinski definition) is 2. The highest BCUT2D eigenvalue weighted by Gasteiger charge is 2.23. The van der Waals surface area contributed by atoms with Gasteiger partial charge in [0.25, 0.3) is 5.91 Å². The van der Waals surface area contributed by atoms with Crippen LogP contribution in [0, 0.1) is 0 Å². The average molecular weight is 220 g/mol. The maximum Gasteiger partial charge on any atom is 0.332 e. The van der Waals surface area contributed by atoms with Gasteiger partial charge in [0.15, 0.2) is 6.04 Å². The lowest BCUT2D eigenvalue weighted by molar-refractivity contribution is -0.151. The fraction of sp³-hybridized carbons (Fsp3) is 0.750. The first kappa shape index (κ1) is 13.8. The Morgan fingerprint density at radius 1 is 1.40 bits per heavy atom. The molecule has 0 aliphatic heterocycles. The molecule has 15 heavy (non-hydrogen) atoms. The van der Waals surface area contributed by atoms with Crippen LogP contribution in [0.4, 0.5) is 0 Å². The highest BCUT2D eigenvalue weighted by atomic mass is 16.7. The second-order valence-electron chi connectivity index (χ2n) is 2.54. The molecule has 0 radical (unpaired) electrons. The van der Waals surface area contributed by atoms with Gasteiger partial charge in [-0.25, -0.2) is 10.3 Å². The number of esters is 1. The molecule has 0 heterocycles. The monoisotopic (exact) mass is 220 g/mol. The summed E-state index contributed by atoms with van der Waals surface area (Å²) in [7, 11) is 1.50. The molecule has 7 nitrogen and oxygen atoms in total. The molecule has 7 heteroatoms. The number of hydrogen-bond acceptors (Lipinski definition) is 6. The zero-order chi connectivity index (χ0) is 11.7. The van der Waals surface area contributed by atoms with Gasteiger partial charge in [0, 0.05) is 7.11 Å². The first-order valence-electron chi connectivity index (χ1n) is 4.46. The van der Waals surface area contributed by atoms with E-state index in [-0.39, 0.29) is 13.2 Å². The minimum absolute atomic E-state index is 0.171. The predicted molar refractivity (Wildman–Crippen MR) is 50.6 cm³/mol. The van der Waals surface area contributed by atoms with E-state index in [2.05, 4.69) is 14.3 Å².